The molecule has 1 fully saturated rings. The van der Waals surface area contributed by atoms with Gasteiger partial charge in [0.1, 0.15) is 5.78 Å². The molecule has 1 atom stereocenters. The number of Topliss-reactive ketones (excluding diaryl/α,β-unsaturated/α-hetero) is 1. The number of carbonyl (C=O) groups is 2. The molecule has 3 nitrogen and oxygen atoms in total. The highest BCUT2D eigenvalue weighted by molar-refractivity contribution is 9.11. The number of carbonyl (C=O) groups excluding carboxylic acids is 2. The molecular weight excluding hydrogens is 362 g/mol. The fourth-order valence-electron chi connectivity index (χ4n) is 2.03. The number of rotatable bonds is 1. The van der Waals surface area contributed by atoms with Crippen molar-refractivity contribution in [1.29, 1.82) is 0 Å². The first-order valence-electron chi connectivity index (χ1n) is 5.76. The maximum atomic E-state index is 12.4. The fraction of sp³-hybridized carbons (Fsp3) is 0.385. The molecule has 1 aliphatic rings. The lowest BCUT2D eigenvalue weighted by Gasteiger charge is -2.30. The van der Waals surface area contributed by atoms with Gasteiger partial charge in [0.2, 0.25) is 0 Å². The molecule has 1 aromatic carbocycles. The van der Waals surface area contributed by atoms with Crippen LogP contribution in [0.3, 0.4) is 0 Å². The smallest absolute Gasteiger partial charge is 0.255 e. The first-order chi connectivity index (χ1) is 8.49. The summed E-state index contributed by atoms with van der Waals surface area (Å²) in [5, 5.41) is 0. The number of hydrogen-bond acceptors (Lipinski definition) is 2. The van der Waals surface area contributed by atoms with Crippen LogP contribution >= 0.6 is 31.9 Å². The lowest BCUT2D eigenvalue weighted by molar-refractivity contribution is -0.124. The van der Waals surface area contributed by atoms with Gasteiger partial charge in [-0.05, 0) is 34.1 Å². The maximum absolute atomic E-state index is 12.4. The van der Waals surface area contributed by atoms with E-state index in [0.717, 1.165) is 8.95 Å². The molecule has 1 aliphatic heterocycles. The van der Waals surface area contributed by atoms with Gasteiger partial charge in [-0.1, -0.05) is 22.9 Å². The van der Waals surface area contributed by atoms with Gasteiger partial charge in [-0.15, -0.1) is 0 Å². The first-order valence-corrected chi connectivity index (χ1v) is 7.34. The van der Waals surface area contributed by atoms with Crippen molar-refractivity contribution in [3.8, 4) is 0 Å². The van der Waals surface area contributed by atoms with Crippen LogP contribution in [0.1, 0.15) is 23.7 Å². The Morgan fingerprint density at radius 1 is 1.39 bits per heavy atom. The summed E-state index contributed by atoms with van der Waals surface area (Å²) in [5.41, 5.74) is 0.639. The van der Waals surface area contributed by atoms with E-state index in [1.807, 2.05) is 19.1 Å². The van der Waals surface area contributed by atoms with E-state index in [2.05, 4.69) is 31.9 Å². The number of amides is 1. The molecule has 0 N–H and O–H groups in total. The largest absolute Gasteiger partial charge is 0.337 e. The number of piperidine rings is 1. The Hall–Kier alpha value is -0.680. The fourth-order valence-corrected chi connectivity index (χ4v) is 3.25. The summed E-state index contributed by atoms with van der Waals surface area (Å²) in [6, 6.07) is 5.49. The molecular formula is C13H13Br2NO2. The van der Waals surface area contributed by atoms with Crippen LogP contribution in [0.5, 0.6) is 0 Å². The Morgan fingerprint density at radius 3 is 2.72 bits per heavy atom. The molecule has 1 aromatic rings. The minimum atomic E-state index is -0.0584. The van der Waals surface area contributed by atoms with E-state index < -0.39 is 0 Å². The Bertz CT molecular complexity index is 502. The lowest BCUT2D eigenvalue weighted by Crippen LogP contribution is -2.43. The van der Waals surface area contributed by atoms with Crippen molar-refractivity contribution in [3.05, 3.63) is 32.7 Å². The topological polar surface area (TPSA) is 37.4 Å². The average Bonchev–Trinajstić information content (AvgIpc) is 2.32. The molecule has 2 rings (SSSR count). The monoisotopic (exact) mass is 373 g/mol. The van der Waals surface area contributed by atoms with Gasteiger partial charge in [-0.25, -0.2) is 0 Å². The lowest BCUT2D eigenvalue weighted by atomic mass is 9.98. The summed E-state index contributed by atoms with van der Waals surface area (Å²) in [6.07, 6.45) is 0.459. The summed E-state index contributed by atoms with van der Waals surface area (Å²) in [7, 11) is 0. The van der Waals surface area contributed by atoms with Crippen molar-refractivity contribution in [3.63, 3.8) is 0 Å². The predicted molar refractivity (Wildman–Crippen MR) is 76.5 cm³/mol. The van der Waals surface area contributed by atoms with Gasteiger partial charge in [0.25, 0.3) is 5.91 Å². The van der Waals surface area contributed by atoms with Gasteiger partial charge in [0.15, 0.2) is 0 Å². The summed E-state index contributed by atoms with van der Waals surface area (Å²) in [6.45, 7) is 2.91. The Kier molecular flexibility index (Phi) is 4.22. The predicted octanol–water partition coefficient (Wildman–Crippen LogP) is 3.26. The number of nitrogens with zero attached hydrogens (tertiary/aromatic N) is 1. The zero-order valence-electron chi connectivity index (χ0n) is 9.95. The highest BCUT2D eigenvalue weighted by Crippen LogP contribution is 2.24. The number of halogens is 2. The molecule has 1 saturated heterocycles. The third-order valence-electron chi connectivity index (χ3n) is 3.12. The Balaban J connectivity index is 2.19. The van der Waals surface area contributed by atoms with Crippen molar-refractivity contribution >= 4 is 43.6 Å². The zero-order chi connectivity index (χ0) is 13.3. The number of hydrogen-bond donors (Lipinski definition) is 0. The Labute approximate surface area is 123 Å². The second-order valence-electron chi connectivity index (χ2n) is 4.49. The van der Waals surface area contributed by atoms with Crippen LogP contribution in [0.15, 0.2) is 27.1 Å². The summed E-state index contributed by atoms with van der Waals surface area (Å²) >= 11 is 6.76. The van der Waals surface area contributed by atoms with Gasteiger partial charge in [-0.2, -0.15) is 0 Å². The highest BCUT2D eigenvalue weighted by atomic mass is 79.9. The minimum Gasteiger partial charge on any atom is -0.337 e. The normalized spacial score (nSPS) is 20.1. The third kappa shape index (κ3) is 2.83. The standard InChI is InChI=1S/C13H13Br2NO2/c1-8-7-16(5-4-12(8)17)13(18)10-3-2-9(14)6-11(10)15/h2-3,6,8H,4-5,7H2,1H3. The molecule has 1 amide bonds. The molecule has 0 saturated carbocycles. The molecule has 5 heteroatoms. The van der Waals surface area contributed by atoms with Gasteiger partial charge < -0.3 is 4.90 Å². The maximum Gasteiger partial charge on any atom is 0.255 e. The molecule has 1 unspecified atom stereocenters. The van der Waals surface area contributed by atoms with E-state index in [9.17, 15) is 9.59 Å². The summed E-state index contributed by atoms with van der Waals surface area (Å²) in [4.78, 5) is 25.6. The zero-order valence-corrected chi connectivity index (χ0v) is 13.1. The minimum absolute atomic E-state index is 0.0197. The van der Waals surface area contributed by atoms with Crippen LogP contribution in [0.25, 0.3) is 0 Å². The van der Waals surface area contributed by atoms with Crippen LogP contribution in [0, 0.1) is 5.92 Å². The third-order valence-corrected chi connectivity index (χ3v) is 4.27. The van der Waals surface area contributed by atoms with Crippen molar-refractivity contribution < 1.29 is 9.59 Å². The second kappa shape index (κ2) is 5.53. The van der Waals surface area contributed by atoms with E-state index >= 15 is 0 Å². The number of ketones is 1. The molecule has 0 bridgehead atoms. The van der Waals surface area contributed by atoms with E-state index in [0.29, 0.717) is 25.1 Å². The van der Waals surface area contributed by atoms with E-state index in [-0.39, 0.29) is 17.6 Å². The molecule has 18 heavy (non-hydrogen) atoms. The molecule has 0 spiro atoms. The Morgan fingerprint density at radius 2 is 2.11 bits per heavy atom. The first kappa shape index (κ1) is 13.7. The van der Waals surface area contributed by atoms with Crippen LogP contribution in [-0.2, 0) is 4.79 Å². The van der Waals surface area contributed by atoms with Crippen molar-refractivity contribution in [1.82, 2.24) is 4.90 Å². The summed E-state index contributed by atoms with van der Waals surface area (Å²) < 4.78 is 1.69. The number of likely N-dealkylation sites (tertiary alicyclic amines) is 1. The molecule has 0 aromatic heterocycles. The quantitative estimate of drug-likeness (QED) is 0.756. The molecule has 1 heterocycles. The van der Waals surface area contributed by atoms with Crippen LogP contribution in [-0.4, -0.2) is 29.7 Å². The number of benzene rings is 1. The molecule has 96 valence electrons. The van der Waals surface area contributed by atoms with E-state index in [4.69, 9.17) is 0 Å². The highest BCUT2D eigenvalue weighted by Gasteiger charge is 2.27. The van der Waals surface area contributed by atoms with Crippen molar-refractivity contribution in [2.75, 3.05) is 13.1 Å². The van der Waals surface area contributed by atoms with Crippen LogP contribution < -0.4 is 0 Å². The van der Waals surface area contributed by atoms with Crippen molar-refractivity contribution in [2.24, 2.45) is 5.92 Å². The van der Waals surface area contributed by atoms with Gasteiger partial charge in [0.05, 0.1) is 5.56 Å². The van der Waals surface area contributed by atoms with Gasteiger partial charge >= 0.3 is 0 Å². The van der Waals surface area contributed by atoms with Crippen molar-refractivity contribution in [2.45, 2.75) is 13.3 Å². The summed E-state index contributed by atoms with van der Waals surface area (Å²) in [5.74, 6) is 0.166. The van der Waals surface area contributed by atoms with Crippen LogP contribution in [0.4, 0.5) is 0 Å². The van der Waals surface area contributed by atoms with E-state index in [1.165, 1.54) is 0 Å². The molecule has 0 aliphatic carbocycles. The molecule has 0 radical (unpaired) electrons. The van der Waals surface area contributed by atoms with Gasteiger partial charge in [-0.3, -0.25) is 9.59 Å². The van der Waals surface area contributed by atoms with E-state index in [1.54, 1.807) is 11.0 Å². The SMILES string of the molecule is CC1CN(C(=O)c2ccc(Br)cc2Br)CCC1=O. The average molecular weight is 375 g/mol. The second-order valence-corrected chi connectivity index (χ2v) is 6.26. The van der Waals surface area contributed by atoms with Crippen LogP contribution in [0.2, 0.25) is 0 Å². The van der Waals surface area contributed by atoms with Gasteiger partial charge in [0, 0.05) is 34.4 Å².